The number of H-pyrrole nitrogens is 1. The van der Waals surface area contributed by atoms with E-state index in [0.717, 1.165) is 29.5 Å². The number of ether oxygens (including phenoxy) is 2. The molecule has 1 N–H and O–H groups in total. The van der Waals surface area contributed by atoms with Crippen LogP contribution < -0.4 is 9.47 Å². The van der Waals surface area contributed by atoms with E-state index in [1.165, 1.54) is 23.9 Å². The number of piperidine rings is 1. The molecule has 1 saturated heterocycles. The van der Waals surface area contributed by atoms with Gasteiger partial charge in [0.15, 0.2) is 6.61 Å². The minimum Gasteiger partial charge on any atom is -0.497 e. The van der Waals surface area contributed by atoms with Gasteiger partial charge in [-0.3, -0.25) is 4.79 Å². The third kappa shape index (κ3) is 4.76. The fourth-order valence-electron chi connectivity index (χ4n) is 3.91. The molecule has 0 radical (unpaired) electrons. The second kappa shape index (κ2) is 8.49. The van der Waals surface area contributed by atoms with Gasteiger partial charge in [0.25, 0.3) is 5.91 Å². The van der Waals surface area contributed by atoms with Gasteiger partial charge in [-0.2, -0.15) is 13.2 Å². The average Bonchev–Trinajstić information content (AvgIpc) is 3.20. The topological polar surface area (TPSA) is 67.5 Å². The zero-order valence-corrected chi connectivity index (χ0v) is 16.9. The maximum absolute atomic E-state index is 12.8. The summed E-state index contributed by atoms with van der Waals surface area (Å²) < 4.78 is 46.6. The molecule has 0 bridgehead atoms. The molecule has 9 heteroatoms. The number of fused-ring (bicyclic) bond motifs is 1. The summed E-state index contributed by atoms with van der Waals surface area (Å²) in [7, 11) is 1.64. The lowest BCUT2D eigenvalue weighted by Gasteiger charge is -2.32. The summed E-state index contributed by atoms with van der Waals surface area (Å²) in [5, 5.41) is 1.13. The fraction of sp³-hybridized carbons (Fsp3) is 0.364. The van der Waals surface area contributed by atoms with Gasteiger partial charge in [0.05, 0.1) is 12.7 Å². The summed E-state index contributed by atoms with van der Waals surface area (Å²) >= 11 is 0. The molecule has 0 saturated carbocycles. The van der Waals surface area contributed by atoms with Crippen molar-refractivity contribution >= 4 is 16.8 Å². The van der Waals surface area contributed by atoms with Crippen molar-refractivity contribution in [1.29, 1.82) is 0 Å². The van der Waals surface area contributed by atoms with Crippen LogP contribution in [0.3, 0.4) is 0 Å². The Hall–Kier alpha value is -3.23. The van der Waals surface area contributed by atoms with Crippen molar-refractivity contribution in [2.45, 2.75) is 24.9 Å². The van der Waals surface area contributed by atoms with Gasteiger partial charge in [-0.1, -0.05) is 0 Å². The van der Waals surface area contributed by atoms with Crippen molar-refractivity contribution in [2.75, 3.05) is 26.8 Å². The van der Waals surface area contributed by atoms with Crippen molar-refractivity contribution in [3.8, 4) is 11.6 Å². The molecule has 1 amide bonds. The van der Waals surface area contributed by atoms with Crippen LogP contribution in [0.4, 0.5) is 13.2 Å². The predicted octanol–water partition coefficient (Wildman–Crippen LogP) is 4.53. The van der Waals surface area contributed by atoms with Crippen molar-refractivity contribution in [3.63, 3.8) is 0 Å². The number of aromatic nitrogens is 2. The number of benzene rings is 1. The van der Waals surface area contributed by atoms with Crippen LogP contribution in [0.2, 0.25) is 0 Å². The molecule has 3 aromatic rings. The van der Waals surface area contributed by atoms with Crippen LogP contribution in [0, 0.1) is 0 Å². The Morgan fingerprint density at radius 1 is 1.23 bits per heavy atom. The highest BCUT2D eigenvalue weighted by Gasteiger charge is 2.29. The largest absolute Gasteiger partial charge is 0.497 e. The molecule has 0 atom stereocenters. The predicted molar refractivity (Wildman–Crippen MR) is 109 cm³/mol. The zero-order valence-electron chi connectivity index (χ0n) is 16.9. The standard InChI is InChI=1S/C22H22F3N3O3/c1-30-16-3-4-19-17(10-16)18(12-26-19)14-6-8-28(9-7-14)21(29)15-2-5-20(27-11-15)31-13-22(23,24)25/h2-5,10-12,14,26H,6-9,13H2,1H3. The van der Waals surface area contributed by atoms with Crippen LogP contribution in [0.1, 0.15) is 34.7 Å². The van der Waals surface area contributed by atoms with E-state index in [9.17, 15) is 18.0 Å². The summed E-state index contributed by atoms with van der Waals surface area (Å²) in [4.78, 5) is 21.6. The summed E-state index contributed by atoms with van der Waals surface area (Å²) in [6, 6.07) is 8.65. The number of methoxy groups -OCH3 is 1. The zero-order chi connectivity index (χ0) is 22.0. The third-order valence-corrected chi connectivity index (χ3v) is 5.51. The number of amides is 1. The van der Waals surface area contributed by atoms with Gasteiger partial charge in [0.2, 0.25) is 5.88 Å². The first-order valence-electron chi connectivity index (χ1n) is 9.94. The number of rotatable bonds is 5. The second-order valence-electron chi connectivity index (χ2n) is 7.51. The molecule has 1 aliphatic rings. The Labute approximate surface area is 177 Å². The maximum Gasteiger partial charge on any atom is 0.422 e. The number of carbonyl (C=O) groups is 1. The van der Waals surface area contributed by atoms with Gasteiger partial charge < -0.3 is 19.4 Å². The second-order valence-corrected chi connectivity index (χ2v) is 7.51. The lowest BCUT2D eigenvalue weighted by Crippen LogP contribution is -2.37. The summed E-state index contributed by atoms with van der Waals surface area (Å²) in [6.45, 7) is -0.237. The molecule has 6 nitrogen and oxygen atoms in total. The number of hydrogen-bond donors (Lipinski definition) is 1. The van der Waals surface area contributed by atoms with E-state index in [0.29, 0.717) is 24.6 Å². The summed E-state index contributed by atoms with van der Waals surface area (Å²) in [6.07, 6.45) is 0.477. The monoisotopic (exact) mass is 433 g/mol. The Morgan fingerprint density at radius 3 is 2.65 bits per heavy atom. The van der Waals surface area contributed by atoms with Crippen LogP contribution in [0.15, 0.2) is 42.7 Å². The van der Waals surface area contributed by atoms with E-state index >= 15 is 0 Å². The number of likely N-dealkylation sites (tertiary alicyclic amines) is 1. The minimum absolute atomic E-state index is 0.164. The van der Waals surface area contributed by atoms with Crippen molar-refractivity contribution in [2.24, 2.45) is 0 Å². The Balaban J connectivity index is 1.38. The van der Waals surface area contributed by atoms with Gasteiger partial charge in [-0.25, -0.2) is 4.98 Å². The van der Waals surface area contributed by atoms with Crippen LogP contribution in [-0.4, -0.2) is 53.8 Å². The van der Waals surface area contributed by atoms with E-state index in [-0.39, 0.29) is 11.8 Å². The smallest absolute Gasteiger partial charge is 0.422 e. The third-order valence-electron chi connectivity index (χ3n) is 5.51. The van der Waals surface area contributed by atoms with E-state index in [2.05, 4.69) is 14.7 Å². The molecule has 3 heterocycles. The van der Waals surface area contributed by atoms with Gasteiger partial charge >= 0.3 is 6.18 Å². The van der Waals surface area contributed by atoms with E-state index in [1.807, 2.05) is 24.4 Å². The highest BCUT2D eigenvalue weighted by atomic mass is 19.4. The molecule has 1 aromatic carbocycles. The molecular weight excluding hydrogens is 411 g/mol. The van der Waals surface area contributed by atoms with Gasteiger partial charge in [-0.15, -0.1) is 0 Å². The molecule has 31 heavy (non-hydrogen) atoms. The molecule has 1 fully saturated rings. The SMILES string of the molecule is COc1ccc2[nH]cc(C3CCN(C(=O)c4ccc(OCC(F)(F)F)nc4)CC3)c2c1. The van der Waals surface area contributed by atoms with Gasteiger partial charge in [0, 0.05) is 42.5 Å². The molecule has 1 aliphatic heterocycles. The lowest BCUT2D eigenvalue weighted by atomic mass is 9.89. The first-order valence-corrected chi connectivity index (χ1v) is 9.94. The number of pyridine rings is 1. The number of alkyl halides is 3. The normalized spacial score (nSPS) is 15.3. The van der Waals surface area contributed by atoms with Crippen molar-refractivity contribution in [3.05, 3.63) is 53.9 Å². The van der Waals surface area contributed by atoms with E-state index < -0.39 is 12.8 Å². The highest BCUT2D eigenvalue weighted by molar-refractivity contribution is 5.94. The number of aromatic amines is 1. The number of halogens is 3. The minimum atomic E-state index is -4.43. The number of carbonyl (C=O) groups excluding carboxylic acids is 1. The summed E-state index contributed by atoms with van der Waals surface area (Å²) in [5.74, 6) is 0.772. The average molecular weight is 433 g/mol. The van der Waals surface area contributed by atoms with E-state index in [1.54, 1.807) is 12.0 Å². The van der Waals surface area contributed by atoms with Crippen LogP contribution in [-0.2, 0) is 0 Å². The maximum atomic E-state index is 12.8. The molecule has 164 valence electrons. The first kappa shape index (κ1) is 21.0. The number of nitrogens with one attached hydrogen (secondary N) is 1. The number of hydrogen-bond acceptors (Lipinski definition) is 4. The molecule has 0 spiro atoms. The van der Waals surface area contributed by atoms with Crippen LogP contribution in [0.5, 0.6) is 11.6 Å². The highest BCUT2D eigenvalue weighted by Crippen LogP contribution is 2.35. The van der Waals surface area contributed by atoms with E-state index in [4.69, 9.17) is 4.74 Å². The Kier molecular flexibility index (Phi) is 5.75. The summed E-state index contributed by atoms with van der Waals surface area (Å²) in [5.41, 5.74) is 2.59. The Morgan fingerprint density at radius 2 is 2.00 bits per heavy atom. The van der Waals surface area contributed by atoms with Crippen molar-refractivity contribution < 1.29 is 27.4 Å². The molecule has 4 rings (SSSR count). The quantitative estimate of drug-likeness (QED) is 0.642. The first-order chi connectivity index (χ1) is 14.8. The Bertz CT molecular complexity index is 1060. The van der Waals surface area contributed by atoms with Gasteiger partial charge in [-0.05, 0) is 48.6 Å². The van der Waals surface area contributed by atoms with Crippen LogP contribution in [0.25, 0.3) is 10.9 Å². The molecule has 0 aliphatic carbocycles. The van der Waals surface area contributed by atoms with Gasteiger partial charge in [0.1, 0.15) is 5.75 Å². The lowest BCUT2D eigenvalue weighted by molar-refractivity contribution is -0.154. The van der Waals surface area contributed by atoms with Crippen molar-refractivity contribution in [1.82, 2.24) is 14.9 Å². The fourth-order valence-corrected chi connectivity index (χ4v) is 3.91. The number of nitrogens with zero attached hydrogens (tertiary/aromatic N) is 2. The van der Waals surface area contributed by atoms with Crippen LogP contribution >= 0.6 is 0 Å². The molecule has 2 aromatic heterocycles. The molecular formula is C22H22F3N3O3. The molecule has 0 unspecified atom stereocenters.